The predicted molar refractivity (Wildman–Crippen MR) is 98.3 cm³/mol. The summed E-state index contributed by atoms with van der Waals surface area (Å²) in [5, 5.41) is 6.23. The van der Waals surface area contributed by atoms with Crippen LogP contribution in [0.1, 0.15) is 13.8 Å². The summed E-state index contributed by atoms with van der Waals surface area (Å²) in [5.74, 6) is 0.703. The number of amides is 1. The van der Waals surface area contributed by atoms with Crippen molar-refractivity contribution in [3.63, 3.8) is 0 Å². The summed E-state index contributed by atoms with van der Waals surface area (Å²) in [4.78, 5) is 17.4. The molecule has 25 heavy (non-hydrogen) atoms. The first-order valence-electron chi connectivity index (χ1n) is 8.07. The fraction of sp³-hybridized carbons (Fsp3) is 0.444. The van der Waals surface area contributed by atoms with Gasteiger partial charge in [0, 0.05) is 20.6 Å². The first-order valence-corrected chi connectivity index (χ1v) is 8.07. The van der Waals surface area contributed by atoms with E-state index in [1.807, 2.05) is 13.8 Å². The van der Waals surface area contributed by atoms with Gasteiger partial charge < -0.3 is 20.3 Å². The fourth-order valence-corrected chi connectivity index (χ4v) is 1.72. The predicted octanol–water partition coefficient (Wildman–Crippen LogP) is 1.79. The van der Waals surface area contributed by atoms with Crippen molar-refractivity contribution in [1.29, 1.82) is 0 Å². The van der Waals surface area contributed by atoms with Gasteiger partial charge >= 0.3 is 0 Å². The maximum atomic E-state index is 12.9. The highest BCUT2D eigenvalue weighted by atomic mass is 19.1. The van der Waals surface area contributed by atoms with Crippen LogP contribution >= 0.6 is 0 Å². The van der Waals surface area contributed by atoms with Crippen LogP contribution in [0.5, 0.6) is 5.75 Å². The molecule has 138 valence electrons. The zero-order valence-electron chi connectivity index (χ0n) is 15.3. The molecular formula is C18H27FN4O2. The zero-order chi connectivity index (χ0) is 18.8. The average Bonchev–Trinajstić information content (AvgIpc) is 2.55. The minimum atomic E-state index is -0.304. The summed E-state index contributed by atoms with van der Waals surface area (Å²) in [6, 6.07) is 5.86. The summed E-state index contributed by atoms with van der Waals surface area (Å²) in [6.07, 6.45) is -0.174. The minimum Gasteiger partial charge on any atom is -0.489 e. The van der Waals surface area contributed by atoms with E-state index in [1.165, 1.54) is 17.0 Å². The van der Waals surface area contributed by atoms with Crippen LogP contribution in [-0.4, -0.2) is 56.6 Å². The van der Waals surface area contributed by atoms with Crippen molar-refractivity contribution in [2.24, 2.45) is 4.99 Å². The molecule has 0 heterocycles. The van der Waals surface area contributed by atoms with Gasteiger partial charge in [0.1, 0.15) is 24.2 Å². The topological polar surface area (TPSA) is 66.0 Å². The molecule has 1 rings (SSSR count). The molecule has 0 bridgehead atoms. The van der Waals surface area contributed by atoms with Crippen molar-refractivity contribution in [1.82, 2.24) is 15.5 Å². The van der Waals surface area contributed by atoms with Gasteiger partial charge in [0.25, 0.3) is 0 Å². The van der Waals surface area contributed by atoms with E-state index in [9.17, 15) is 9.18 Å². The number of rotatable bonds is 8. The number of guanidine groups is 1. The Morgan fingerprint density at radius 2 is 1.96 bits per heavy atom. The molecule has 6 nitrogen and oxygen atoms in total. The van der Waals surface area contributed by atoms with Gasteiger partial charge in [-0.3, -0.25) is 4.79 Å². The minimum absolute atomic E-state index is 0.0473. The number of ether oxygens (including phenoxy) is 1. The third-order valence-electron chi connectivity index (χ3n) is 3.14. The number of hydrogen-bond donors (Lipinski definition) is 2. The Balaban J connectivity index is 2.57. The maximum absolute atomic E-state index is 12.9. The Bertz CT molecular complexity index is 600. The number of benzene rings is 1. The Morgan fingerprint density at radius 1 is 1.32 bits per heavy atom. The summed E-state index contributed by atoms with van der Waals surface area (Å²) < 4.78 is 18.6. The Morgan fingerprint density at radius 3 is 2.52 bits per heavy atom. The van der Waals surface area contributed by atoms with Crippen LogP contribution < -0.4 is 15.4 Å². The van der Waals surface area contributed by atoms with E-state index in [4.69, 9.17) is 4.74 Å². The van der Waals surface area contributed by atoms with Gasteiger partial charge in [-0.15, -0.1) is 0 Å². The van der Waals surface area contributed by atoms with Crippen molar-refractivity contribution >= 4 is 11.9 Å². The molecular weight excluding hydrogens is 323 g/mol. The van der Waals surface area contributed by atoms with Crippen molar-refractivity contribution < 1.29 is 13.9 Å². The lowest BCUT2D eigenvalue weighted by Gasteiger charge is -2.18. The average molecular weight is 350 g/mol. The highest BCUT2D eigenvalue weighted by Crippen LogP contribution is 2.12. The molecule has 0 fully saturated rings. The lowest BCUT2D eigenvalue weighted by Crippen LogP contribution is -2.43. The SMILES string of the molecule is C=C(C)CNC(=NCC(=O)N(C)C)NCC(C)Oc1ccc(F)cc1. The number of carbonyl (C=O) groups is 1. The number of halogens is 1. The van der Waals surface area contributed by atoms with Crippen LogP contribution in [0, 0.1) is 5.82 Å². The summed E-state index contributed by atoms with van der Waals surface area (Å²) in [6.45, 7) is 8.68. The lowest BCUT2D eigenvalue weighted by molar-refractivity contribution is -0.127. The van der Waals surface area contributed by atoms with Gasteiger partial charge in [0.05, 0.1) is 6.54 Å². The molecule has 1 unspecified atom stereocenters. The molecule has 0 saturated heterocycles. The second kappa shape index (κ2) is 10.3. The number of likely N-dealkylation sites (N-methyl/N-ethyl adjacent to an activating group) is 1. The van der Waals surface area contributed by atoms with Crippen LogP contribution in [0.15, 0.2) is 41.4 Å². The number of nitrogens with one attached hydrogen (secondary N) is 2. The number of carbonyl (C=O) groups excluding carboxylic acids is 1. The van der Waals surface area contributed by atoms with Crippen LogP contribution in [0.4, 0.5) is 4.39 Å². The number of hydrogen-bond acceptors (Lipinski definition) is 3. The van der Waals surface area contributed by atoms with Crippen molar-refractivity contribution in [3.8, 4) is 5.75 Å². The quantitative estimate of drug-likeness (QED) is 0.426. The van der Waals surface area contributed by atoms with E-state index in [2.05, 4.69) is 22.2 Å². The molecule has 0 radical (unpaired) electrons. The summed E-state index contributed by atoms with van der Waals surface area (Å²) in [5.41, 5.74) is 0.948. The third kappa shape index (κ3) is 8.74. The molecule has 0 aliphatic rings. The van der Waals surface area contributed by atoms with Gasteiger partial charge in [0.2, 0.25) is 5.91 Å². The molecule has 0 aromatic heterocycles. The fourth-order valence-electron chi connectivity index (χ4n) is 1.72. The van der Waals surface area contributed by atoms with Gasteiger partial charge in [-0.2, -0.15) is 0 Å². The van der Waals surface area contributed by atoms with E-state index in [-0.39, 0.29) is 24.4 Å². The molecule has 0 aliphatic carbocycles. The molecule has 7 heteroatoms. The van der Waals surface area contributed by atoms with E-state index in [1.54, 1.807) is 26.2 Å². The number of aliphatic imine (C=N–C) groups is 1. The molecule has 0 spiro atoms. The third-order valence-corrected chi connectivity index (χ3v) is 3.14. The molecule has 0 aliphatic heterocycles. The van der Waals surface area contributed by atoms with E-state index < -0.39 is 0 Å². The van der Waals surface area contributed by atoms with E-state index >= 15 is 0 Å². The molecule has 1 aromatic rings. The molecule has 0 saturated carbocycles. The normalized spacial score (nSPS) is 12.3. The second-order valence-corrected chi connectivity index (χ2v) is 6.03. The van der Waals surface area contributed by atoms with Crippen LogP contribution in [0.3, 0.4) is 0 Å². The Kier molecular flexibility index (Phi) is 8.46. The highest BCUT2D eigenvalue weighted by Gasteiger charge is 2.08. The second-order valence-electron chi connectivity index (χ2n) is 6.03. The zero-order valence-corrected chi connectivity index (χ0v) is 15.3. The van der Waals surface area contributed by atoms with Crippen LogP contribution in [-0.2, 0) is 4.79 Å². The molecule has 1 atom stereocenters. The largest absolute Gasteiger partial charge is 0.489 e. The Labute approximate surface area is 148 Å². The van der Waals surface area contributed by atoms with Crippen LogP contribution in [0.25, 0.3) is 0 Å². The van der Waals surface area contributed by atoms with Crippen molar-refractivity contribution in [2.45, 2.75) is 20.0 Å². The Hall–Kier alpha value is -2.57. The number of nitrogens with zero attached hydrogens (tertiary/aromatic N) is 2. The van der Waals surface area contributed by atoms with E-state index in [0.29, 0.717) is 24.8 Å². The van der Waals surface area contributed by atoms with Gasteiger partial charge in [0.15, 0.2) is 5.96 Å². The molecule has 1 aromatic carbocycles. The van der Waals surface area contributed by atoms with Crippen LogP contribution in [0.2, 0.25) is 0 Å². The summed E-state index contributed by atoms with van der Waals surface area (Å²) >= 11 is 0. The maximum Gasteiger partial charge on any atom is 0.243 e. The van der Waals surface area contributed by atoms with Gasteiger partial charge in [-0.25, -0.2) is 9.38 Å². The van der Waals surface area contributed by atoms with E-state index in [0.717, 1.165) is 5.57 Å². The standard InChI is InChI=1S/C18H27FN4O2/c1-13(2)10-20-18(22-12-17(24)23(4)5)21-11-14(3)25-16-8-6-15(19)7-9-16/h6-9,14H,1,10-12H2,2-5H3,(H2,20,21,22). The van der Waals surface area contributed by atoms with Crippen molar-refractivity contribution in [2.75, 3.05) is 33.7 Å². The summed E-state index contributed by atoms with van der Waals surface area (Å²) in [7, 11) is 3.37. The monoisotopic (exact) mass is 350 g/mol. The van der Waals surface area contributed by atoms with Gasteiger partial charge in [-0.1, -0.05) is 12.2 Å². The molecule has 1 amide bonds. The lowest BCUT2D eigenvalue weighted by atomic mass is 10.3. The first kappa shape index (κ1) is 20.5. The molecule has 2 N–H and O–H groups in total. The van der Waals surface area contributed by atoms with Crippen molar-refractivity contribution in [3.05, 3.63) is 42.2 Å². The first-order chi connectivity index (χ1) is 11.8. The highest BCUT2D eigenvalue weighted by molar-refractivity contribution is 5.84. The van der Waals surface area contributed by atoms with Gasteiger partial charge in [-0.05, 0) is 38.1 Å². The smallest absolute Gasteiger partial charge is 0.243 e.